The first-order chi connectivity index (χ1) is 10.6. The van der Waals surface area contributed by atoms with Gasteiger partial charge in [-0.05, 0) is 0 Å². The third-order valence-electron chi connectivity index (χ3n) is 3.86. The molecular formula is C13H19ClN4O3S. The number of piperazine rings is 1. The molecule has 0 bridgehead atoms. The van der Waals surface area contributed by atoms with E-state index in [9.17, 15) is 8.42 Å². The fourth-order valence-corrected chi connectivity index (χ4v) is 4.64. The number of hydrogen-bond donors (Lipinski definition) is 1. The Hall–Kier alpha value is -0.930. The van der Waals surface area contributed by atoms with E-state index >= 15 is 0 Å². The van der Waals surface area contributed by atoms with E-state index in [4.69, 9.17) is 16.3 Å². The molecule has 122 valence electrons. The first-order valence-electron chi connectivity index (χ1n) is 7.28. The van der Waals surface area contributed by atoms with Gasteiger partial charge in [0.15, 0.2) is 0 Å². The Labute approximate surface area is 135 Å². The Balaban J connectivity index is 2.00. The van der Waals surface area contributed by atoms with Crippen molar-refractivity contribution in [3.05, 3.63) is 17.4 Å². The van der Waals surface area contributed by atoms with Gasteiger partial charge < -0.3 is 15.0 Å². The number of nitrogens with one attached hydrogen (secondary N) is 1. The highest BCUT2D eigenvalue weighted by molar-refractivity contribution is 7.89. The van der Waals surface area contributed by atoms with E-state index < -0.39 is 10.0 Å². The van der Waals surface area contributed by atoms with Crippen LogP contribution >= 0.6 is 11.6 Å². The van der Waals surface area contributed by atoms with Gasteiger partial charge in [0.1, 0.15) is 4.90 Å². The van der Waals surface area contributed by atoms with Crippen molar-refractivity contribution in [2.75, 3.05) is 57.4 Å². The van der Waals surface area contributed by atoms with Crippen molar-refractivity contribution in [3.63, 3.8) is 0 Å². The largest absolute Gasteiger partial charge is 0.379 e. The SMILES string of the molecule is O=S(=O)(c1cncc(Cl)c1N1CCNCC1)N1CCOCC1. The number of pyridine rings is 1. The van der Waals surface area contributed by atoms with Crippen LogP contribution < -0.4 is 10.2 Å². The number of anilines is 1. The maximum absolute atomic E-state index is 12.9. The topological polar surface area (TPSA) is 74.8 Å². The van der Waals surface area contributed by atoms with Crippen LogP contribution in [0.4, 0.5) is 5.69 Å². The van der Waals surface area contributed by atoms with E-state index in [0.29, 0.717) is 37.0 Å². The van der Waals surface area contributed by atoms with Gasteiger partial charge in [-0.1, -0.05) is 11.6 Å². The van der Waals surface area contributed by atoms with E-state index in [1.54, 1.807) is 0 Å². The molecule has 0 saturated carbocycles. The van der Waals surface area contributed by atoms with Crippen molar-refractivity contribution in [2.24, 2.45) is 0 Å². The van der Waals surface area contributed by atoms with Crippen molar-refractivity contribution in [1.82, 2.24) is 14.6 Å². The van der Waals surface area contributed by atoms with Gasteiger partial charge in [0.05, 0.1) is 23.9 Å². The number of halogens is 1. The van der Waals surface area contributed by atoms with E-state index in [2.05, 4.69) is 10.3 Å². The summed E-state index contributed by atoms with van der Waals surface area (Å²) in [6.45, 7) is 4.58. The zero-order chi connectivity index (χ0) is 15.6. The average molecular weight is 347 g/mol. The molecule has 3 rings (SSSR count). The minimum Gasteiger partial charge on any atom is -0.379 e. The Bertz CT molecular complexity index is 628. The molecule has 2 saturated heterocycles. The maximum atomic E-state index is 12.9. The standard InChI is InChI=1S/C13H19ClN4O3S/c14-11-9-16-10-12(13(11)17-3-1-15-2-4-17)22(19,20)18-5-7-21-8-6-18/h9-10,15H,1-8H2. The van der Waals surface area contributed by atoms with Crippen molar-refractivity contribution in [3.8, 4) is 0 Å². The summed E-state index contributed by atoms with van der Waals surface area (Å²) in [6, 6.07) is 0. The van der Waals surface area contributed by atoms with Gasteiger partial charge in [-0.2, -0.15) is 4.31 Å². The van der Waals surface area contributed by atoms with Crippen LogP contribution in [0.5, 0.6) is 0 Å². The van der Waals surface area contributed by atoms with Gasteiger partial charge >= 0.3 is 0 Å². The van der Waals surface area contributed by atoms with E-state index in [-0.39, 0.29) is 4.90 Å². The second kappa shape index (κ2) is 6.67. The van der Waals surface area contributed by atoms with Gasteiger partial charge in [0, 0.05) is 51.7 Å². The molecule has 0 aromatic carbocycles. The third-order valence-corrected chi connectivity index (χ3v) is 6.04. The molecule has 0 aliphatic carbocycles. The van der Waals surface area contributed by atoms with Crippen molar-refractivity contribution < 1.29 is 13.2 Å². The fourth-order valence-electron chi connectivity index (χ4n) is 2.72. The summed E-state index contributed by atoms with van der Waals surface area (Å²) >= 11 is 6.28. The predicted molar refractivity (Wildman–Crippen MR) is 83.9 cm³/mol. The molecule has 0 unspecified atom stereocenters. The molecule has 22 heavy (non-hydrogen) atoms. The van der Waals surface area contributed by atoms with Gasteiger partial charge in [-0.3, -0.25) is 4.98 Å². The number of sulfonamides is 1. The summed E-state index contributed by atoms with van der Waals surface area (Å²) in [6.07, 6.45) is 2.89. The highest BCUT2D eigenvalue weighted by atomic mass is 35.5. The summed E-state index contributed by atoms with van der Waals surface area (Å²) in [5, 5.41) is 3.62. The van der Waals surface area contributed by atoms with Gasteiger partial charge in [0.25, 0.3) is 0 Å². The predicted octanol–water partition coefficient (Wildman–Crippen LogP) is 0.166. The first kappa shape index (κ1) is 15.9. The molecule has 0 spiro atoms. The smallest absolute Gasteiger partial charge is 0.246 e. The number of aromatic nitrogens is 1. The van der Waals surface area contributed by atoms with Crippen LogP contribution in [-0.2, 0) is 14.8 Å². The van der Waals surface area contributed by atoms with E-state index in [0.717, 1.165) is 26.2 Å². The Kier molecular flexibility index (Phi) is 4.84. The van der Waals surface area contributed by atoms with Crippen LogP contribution in [0.3, 0.4) is 0 Å². The lowest BCUT2D eigenvalue weighted by Crippen LogP contribution is -2.45. The summed E-state index contributed by atoms with van der Waals surface area (Å²) in [7, 11) is -3.62. The molecule has 1 aromatic heterocycles. The summed E-state index contributed by atoms with van der Waals surface area (Å²) in [4.78, 5) is 6.18. The first-order valence-corrected chi connectivity index (χ1v) is 9.09. The molecule has 7 nitrogen and oxygen atoms in total. The molecule has 0 atom stereocenters. The Morgan fingerprint density at radius 1 is 1.14 bits per heavy atom. The number of hydrogen-bond acceptors (Lipinski definition) is 6. The van der Waals surface area contributed by atoms with Gasteiger partial charge in [-0.25, -0.2) is 8.42 Å². The number of morpholine rings is 1. The minimum atomic E-state index is -3.62. The minimum absolute atomic E-state index is 0.184. The van der Waals surface area contributed by atoms with Crippen LogP contribution in [0.2, 0.25) is 5.02 Å². The van der Waals surface area contributed by atoms with Crippen LogP contribution in [-0.4, -0.2) is 70.2 Å². The van der Waals surface area contributed by atoms with Crippen LogP contribution in [0.15, 0.2) is 17.3 Å². The molecule has 1 N–H and O–H groups in total. The number of ether oxygens (including phenoxy) is 1. The summed E-state index contributed by atoms with van der Waals surface area (Å²) in [5.74, 6) is 0. The molecule has 1 aromatic rings. The second-order valence-corrected chi connectivity index (χ2v) is 7.54. The monoisotopic (exact) mass is 346 g/mol. The van der Waals surface area contributed by atoms with Crippen LogP contribution in [0.1, 0.15) is 0 Å². The summed E-state index contributed by atoms with van der Waals surface area (Å²) < 4.78 is 32.5. The van der Waals surface area contributed by atoms with Gasteiger partial charge in [-0.15, -0.1) is 0 Å². The zero-order valence-electron chi connectivity index (χ0n) is 12.2. The fraction of sp³-hybridized carbons (Fsp3) is 0.615. The second-order valence-electron chi connectivity index (χ2n) is 5.22. The van der Waals surface area contributed by atoms with Crippen molar-refractivity contribution in [2.45, 2.75) is 4.90 Å². The molecule has 3 heterocycles. The molecule has 2 aliphatic rings. The molecule has 0 radical (unpaired) electrons. The van der Waals surface area contributed by atoms with Crippen molar-refractivity contribution >= 4 is 27.3 Å². The van der Waals surface area contributed by atoms with E-state index in [1.807, 2.05) is 4.90 Å². The van der Waals surface area contributed by atoms with Crippen molar-refractivity contribution in [1.29, 1.82) is 0 Å². The van der Waals surface area contributed by atoms with Gasteiger partial charge in [0.2, 0.25) is 10.0 Å². The average Bonchev–Trinajstić information content (AvgIpc) is 2.56. The van der Waals surface area contributed by atoms with Crippen LogP contribution in [0, 0.1) is 0 Å². The lowest BCUT2D eigenvalue weighted by atomic mass is 10.3. The molecule has 2 aliphatic heterocycles. The highest BCUT2D eigenvalue weighted by Gasteiger charge is 2.32. The number of rotatable bonds is 3. The molecule has 2 fully saturated rings. The zero-order valence-corrected chi connectivity index (χ0v) is 13.7. The third kappa shape index (κ3) is 3.07. The maximum Gasteiger partial charge on any atom is 0.246 e. The number of nitrogens with zero attached hydrogens (tertiary/aromatic N) is 3. The highest BCUT2D eigenvalue weighted by Crippen LogP contribution is 2.34. The molecular weight excluding hydrogens is 328 g/mol. The lowest BCUT2D eigenvalue weighted by Gasteiger charge is -2.33. The van der Waals surface area contributed by atoms with Crippen LogP contribution in [0.25, 0.3) is 0 Å². The normalized spacial score (nSPS) is 21.0. The van der Waals surface area contributed by atoms with E-state index in [1.165, 1.54) is 16.7 Å². The quantitative estimate of drug-likeness (QED) is 0.840. The lowest BCUT2D eigenvalue weighted by molar-refractivity contribution is 0.0730. The summed E-state index contributed by atoms with van der Waals surface area (Å²) in [5.41, 5.74) is 0.560. The molecule has 9 heteroatoms. The Morgan fingerprint density at radius 3 is 2.50 bits per heavy atom. The molecule has 0 amide bonds. The Morgan fingerprint density at radius 2 is 1.82 bits per heavy atom.